The third kappa shape index (κ3) is 4.11. The van der Waals surface area contributed by atoms with Crippen LogP contribution in [0.1, 0.15) is 34.0 Å². The number of aryl methyl sites for hydroxylation is 3. The van der Waals surface area contributed by atoms with Crippen molar-refractivity contribution >= 4 is 5.91 Å². The second-order valence-corrected chi connectivity index (χ2v) is 5.74. The van der Waals surface area contributed by atoms with Crippen molar-refractivity contribution in [2.45, 2.75) is 25.9 Å². The molecule has 0 atom stereocenters. The van der Waals surface area contributed by atoms with Crippen molar-refractivity contribution in [2.24, 2.45) is 7.05 Å². The van der Waals surface area contributed by atoms with Gasteiger partial charge in [-0.3, -0.25) is 9.48 Å². The normalized spacial score (nSPS) is 11.1. The highest BCUT2D eigenvalue weighted by molar-refractivity contribution is 5.92. The van der Waals surface area contributed by atoms with E-state index in [0.29, 0.717) is 12.4 Å². The number of hydrogen-bond acceptors (Lipinski definition) is 4. The molecule has 0 aliphatic heterocycles. The van der Waals surface area contributed by atoms with Gasteiger partial charge in [0.15, 0.2) is 5.82 Å². The fourth-order valence-electron chi connectivity index (χ4n) is 2.56. The molecule has 1 amide bonds. The molecule has 1 aromatic carbocycles. The van der Waals surface area contributed by atoms with Gasteiger partial charge in [0.25, 0.3) is 12.3 Å². The predicted octanol–water partition coefficient (Wildman–Crippen LogP) is 2.12. The van der Waals surface area contributed by atoms with Crippen molar-refractivity contribution in [1.82, 2.24) is 29.9 Å². The molecule has 0 aliphatic carbocycles. The van der Waals surface area contributed by atoms with E-state index in [2.05, 4.69) is 20.6 Å². The van der Waals surface area contributed by atoms with E-state index in [1.807, 2.05) is 34.9 Å². The van der Waals surface area contributed by atoms with Gasteiger partial charge in [0, 0.05) is 13.6 Å². The summed E-state index contributed by atoms with van der Waals surface area (Å²) in [5.41, 5.74) is 0.824. The largest absolute Gasteiger partial charge is 0.343 e. The van der Waals surface area contributed by atoms with E-state index in [1.54, 1.807) is 6.33 Å². The lowest BCUT2D eigenvalue weighted by atomic mass is 10.1. The van der Waals surface area contributed by atoms with Crippen molar-refractivity contribution in [3.8, 4) is 0 Å². The van der Waals surface area contributed by atoms with E-state index < -0.39 is 18.0 Å². The Bertz CT molecular complexity index is 875. The third-order valence-electron chi connectivity index (χ3n) is 3.94. The summed E-state index contributed by atoms with van der Waals surface area (Å²) in [6.45, 7) is 0.812. The summed E-state index contributed by atoms with van der Waals surface area (Å²) in [4.78, 5) is 12.2. The van der Waals surface area contributed by atoms with E-state index in [1.165, 1.54) is 12.6 Å². The zero-order chi connectivity index (χ0) is 18.5. The Morgan fingerprint density at radius 1 is 1.27 bits per heavy atom. The highest BCUT2D eigenvalue weighted by atomic mass is 19.3. The number of amides is 1. The van der Waals surface area contributed by atoms with Gasteiger partial charge in [-0.05, 0) is 18.1 Å². The zero-order valence-corrected chi connectivity index (χ0v) is 14.1. The minimum atomic E-state index is -2.72. The van der Waals surface area contributed by atoms with Crippen LogP contribution in [0.25, 0.3) is 0 Å². The van der Waals surface area contributed by atoms with Crippen molar-refractivity contribution in [3.05, 3.63) is 65.5 Å². The number of nitrogens with zero attached hydrogens (tertiary/aromatic N) is 5. The van der Waals surface area contributed by atoms with Crippen LogP contribution in [0.15, 0.2) is 42.7 Å². The Hall–Kier alpha value is -3.10. The first-order valence-corrected chi connectivity index (χ1v) is 8.05. The fraction of sp³-hybridized carbons (Fsp3) is 0.294. The first-order chi connectivity index (χ1) is 12.5. The SMILES string of the molecule is Cn1nc(C(F)F)cc1C(=O)NCc1nncn1CCc1ccccc1. The molecule has 136 valence electrons. The van der Waals surface area contributed by atoms with Crippen LogP contribution in [-0.2, 0) is 26.6 Å². The van der Waals surface area contributed by atoms with Crippen molar-refractivity contribution in [3.63, 3.8) is 0 Å². The number of halogens is 2. The van der Waals surface area contributed by atoms with Crippen LogP contribution in [0.2, 0.25) is 0 Å². The maximum absolute atomic E-state index is 12.7. The first kappa shape index (κ1) is 17.7. The summed E-state index contributed by atoms with van der Waals surface area (Å²) >= 11 is 0. The van der Waals surface area contributed by atoms with Crippen LogP contribution in [-0.4, -0.2) is 30.5 Å². The summed E-state index contributed by atoms with van der Waals surface area (Å²) in [5, 5.41) is 14.2. The number of alkyl halides is 2. The molecule has 0 bridgehead atoms. The van der Waals surface area contributed by atoms with Gasteiger partial charge in [-0.2, -0.15) is 5.10 Å². The maximum atomic E-state index is 12.7. The molecular weight excluding hydrogens is 342 g/mol. The number of aromatic nitrogens is 5. The van der Waals surface area contributed by atoms with Gasteiger partial charge in [-0.1, -0.05) is 30.3 Å². The molecule has 9 heteroatoms. The Balaban J connectivity index is 1.60. The van der Waals surface area contributed by atoms with E-state index >= 15 is 0 Å². The Morgan fingerprint density at radius 3 is 2.73 bits per heavy atom. The third-order valence-corrected chi connectivity index (χ3v) is 3.94. The van der Waals surface area contributed by atoms with Crippen molar-refractivity contribution in [1.29, 1.82) is 0 Å². The van der Waals surface area contributed by atoms with Gasteiger partial charge in [-0.25, -0.2) is 8.78 Å². The zero-order valence-electron chi connectivity index (χ0n) is 14.1. The molecule has 7 nitrogen and oxygen atoms in total. The molecule has 0 aliphatic rings. The summed E-state index contributed by atoms with van der Waals surface area (Å²) < 4.78 is 28.3. The molecule has 0 saturated heterocycles. The van der Waals surface area contributed by atoms with Gasteiger partial charge < -0.3 is 9.88 Å². The molecule has 0 unspecified atom stereocenters. The standard InChI is InChI=1S/C17H18F2N6O/c1-24-14(9-13(23-24)16(18)19)17(26)20-10-15-22-21-11-25(15)8-7-12-5-3-2-4-6-12/h2-6,9,11,16H,7-8,10H2,1H3,(H,20,26). The van der Waals surface area contributed by atoms with Gasteiger partial charge in [0.05, 0.1) is 6.54 Å². The van der Waals surface area contributed by atoms with E-state index in [-0.39, 0.29) is 12.2 Å². The number of nitrogens with one attached hydrogen (secondary N) is 1. The van der Waals surface area contributed by atoms with Crippen LogP contribution in [0.4, 0.5) is 8.78 Å². The van der Waals surface area contributed by atoms with Crippen LogP contribution < -0.4 is 5.32 Å². The molecule has 26 heavy (non-hydrogen) atoms. The monoisotopic (exact) mass is 360 g/mol. The molecule has 0 saturated carbocycles. The minimum absolute atomic E-state index is 0.0654. The topological polar surface area (TPSA) is 77.6 Å². The van der Waals surface area contributed by atoms with E-state index in [4.69, 9.17) is 0 Å². The van der Waals surface area contributed by atoms with Crippen molar-refractivity contribution in [2.75, 3.05) is 0 Å². The van der Waals surface area contributed by atoms with Crippen LogP contribution in [0, 0.1) is 0 Å². The lowest BCUT2D eigenvalue weighted by molar-refractivity contribution is 0.0940. The molecule has 1 N–H and O–H groups in total. The fourth-order valence-corrected chi connectivity index (χ4v) is 2.56. The number of hydrogen-bond donors (Lipinski definition) is 1. The van der Waals surface area contributed by atoms with Gasteiger partial charge >= 0.3 is 0 Å². The summed E-state index contributed by atoms with van der Waals surface area (Å²) in [5.74, 6) is 0.0926. The van der Waals surface area contributed by atoms with Crippen LogP contribution in [0.5, 0.6) is 0 Å². The number of carbonyl (C=O) groups is 1. The lowest BCUT2D eigenvalue weighted by Crippen LogP contribution is -2.26. The molecule has 0 spiro atoms. The molecule has 3 aromatic rings. The van der Waals surface area contributed by atoms with E-state index in [9.17, 15) is 13.6 Å². The molecular formula is C17H18F2N6O. The van der Waals surface area contributed by atoms with Gasteiger partial charge in [0.1, 0.15) is 17.7 Å². The highest BCUT2D eigenvalue weighted by Crippen LogP contribution is 2.17. The number of rotatable bonds is 7. The summed E-state index contributed by atoms with van der Waals surface area (Å²) in [7, 11) is 1.45. The van der Waals surface area contributed by atoms with Crippen molar-refractivity contribution < 1.29 is 13.6 Å². The molecule has 0 fully saturated rings. The van der Waals surface area contributed by atoms with Gasteiger partial charge in [0.2, 0.25) is 0 Å². The average Bonchev–Trinajstić information content (AvgIpc) is 3.25. The Morgan fingerprint density at radius 2 is 2.04 bits per heavy atom. The molecule has 3 rings (SSSR count). The predicted molar refractivity (Wildman–Crippen MR) is 89.5 cm³/mol. The molecule has 2 heterocycles. The maximum Gasteiger partial charge on any atom is 0.282 e. The minimum Gasteiger partial charge on any atom is -0.343 e. The van der Waals surface area contributed by atoms with E-state index in [0.717, 1.165) is 17.2 Å². The lowest BCUT2D eigenvalue weighted by Gasteiger charge is -2.08. The number of carbonyl (C=O) groups excluding carboxylic acids is 1. The first-order valence-electron chi connectivity index (χ1n) is 8.05. The molecule has 0 radical (unpaired) electrons. The average molecular weight is 360 g/mol. The van der Waals surface area contributed by atoms with Gasteiger partial charge in [-0.15, -0.1) is 10.2 Å². The van der Waals surface area contributed by atoms with Crippen LogP contribution in [0.3, 0.4) is 0 Å². The smallest absolute Gasteiger partial charge is 0.282 e. The highest BCUT2D eigenvalue weighted by Gasteiger charge is 2.18. The Labute approximate surface area is 148 Å². The molecule has 2 aromatic heterocycles. The Kier molecular flexibility index (Phi) is 5.35. The quantitative estimate of drug-likeness (QED) is 0.700. The van der Waals surface area contributed by atoms with Crippen LogP contribution >= 0.6 is 0 Å². The number of benzene rings is 1. The summed E-state index contributed by atoms with van der Waals surface area (Å²) in [6, 6.07) is 11.1. The second-order valence-electron chi connectivity index (χ2n) is 5.74. The second kappa shape index (κ2) is 7.85. The summed E-state index contributed by atoms with van der Waals surface area (Å²) in [6.07, 6.45) is -0.313.